The molecule has 1 aliphatic carbocycles. The normalized spacial score (nSPS) is 31.7. The van der Waals surface area contributed by atoms with Gasteiger partial charge in [-0.05, 0) is 24.0 Å². The first kappa shape index (κ1) is 10.9. The third kappa shape index (κ3) is 2.02. The highest BCUT2D eigenvalue weighted by atomic mass is 35.5. The molecule has 1 unspecified atom stereocenters. The van der Waals surface area contributed by atoms with Gasteiger partial charge in [-0.3, -0.25) is 0 Å². The van der Waals surface area contributed by atoms with Crippen LogP contribution in [0.15, 0.2) is 12.1 Å². The summed E-state index contributed by atoms with van der Waals surface area (Å²) in [7, 11) is 0. The van der Waals surface area contributed by atoms with Crippen LogP contribution in [0.1, 0.15) is 0 Å². The van der Waals surface area contributed by atoms with Crippen molar-refractivity contribution < 1.29 is 0 Å². The van der Waals surface area contributed by atoms with Crippen molar-refractivity contribution in [2.45, 2.75) is 6.04 Å². The van der Waals surface area contributed by atoms with E-state index in [1.54, 1.807) is 6.07 Å². The summed E-state index contributed by atoms with van der Waals surface area (Å²) in [5.41, 5.74) is 0. The van der Waals surface area contributed by atoms with E-state index in [1.165, 1.54) is 0 Å². The Balaban J connectivity index is 0.000000853. The van der Waals surface area contributed by atoms with Crippen LogP contribution in [0.25, 0.3) is 0 Å². The monoisotopic (exact) mass is 246 g/mol. The highest BCUT2D eigenvalue weighted by Crippen LogP contribution is 2.43. The molecule has 1 aliphatic heterocycles. The van der Waals surface area contributed by atoms with Crippen LogP contribution in [0.5, 0.6) is 0 Å². The van der Waals surface area contributed by atoms with Gasteiger partial charge in [-0.25, -0.2) is 0 Å². The molecule has 0 aromatic carbocycles. The van der Waals surface area contributed by atoms with Gasteiger partial charge in [0.05, 0.1) is 0 Å². The Morgan fingerprint density at radius 1 is 1.27 bits per heavy atom. The van der Waals surface area contributed by atoms with Crippen molar-refractivity contribution in [2.75, 3.05) is 18.4 Å². The first-order valence-corrected chi connectivity index (χ1v) is 5.19. The fourth-order valence-corrected chi connectivity index (χ4v) is 2.30. The molecule has 3 atom stereocenters. The third-order valence-corrected chi connectivity index (χ3v) is 3.24. The lowest BCUT2D eigenvalue weighted by Crippen LogP contribution is -2.21. The number of nitrogens with zero attached hydrogens (tertiary/aromatic N) is 2. The number of anilines is 1. The standard InChI is InChI=1S/C9H11ClN4.ClH/c10-7-1-2-8(14-13-7)12-9-5-3-11-4-6(5)9;/h1-2,5-6,9,11H,3-4H2,(H,12,14);1H/t5-,6+,9?;. The van der Waals surface area contributed by atoms with Crippen LogP contribution in [0, 0.1) is 11.8 Å². The van der Waals surface area contributed by atoms with E-state index < -0.39 is 0 Å². The molecular weight excluding hydrogens is 235 g/mol. The van der Waals surface area contributed by atoms with Crippen LogP contribution < -0.4 is 10.6 Å². The van der Waals surface area contributed by atoms with E-state index in [4.69, 9.17) is 11.6 Å². The second-order valence-electron chi connectivity index (χ2n) is 3.90. The van der Waals surface area contributed by atoms with Crippen LogP contribution in [0.2, 0.25) is 5.15 Å². The molecule has 1 saturated carbocycles. The van der Waals surface area contributed by atoms with Crippen molar-refractivity contribution >= 4 is 29.8 Å². The largest absolute Gasteiger partial charge is 0.365 e. The second kappa shape index (κ2) is 4.12. The Bertz CT molecular complexity index is 332. The molecule has 0 amide bonds. The van der Waals surface area contributed by atoms with E-state index in [-0.39, 0.29) is 12.4 Å². The zero-order valence-electron chi connectivity index (χ0n) is 7.98. The average molecular weight is 247 g/mol. The number of piperidine rings is 1. The Labute approximate surface area is 99.2 Å². The van der Waals surface area contributed by atoms with Crippen LogP contribution in [0.3, 0.4) is 0 Å². The maximum atomic E-state index is 5.65. The predicted molar refractivity (Wildman–Crippen MR) is 61.6 cm³/mol. The smallest absolute Gasteiger partial charge is 0.151 e. The Morgan fingerprint density at radius 3 is 2.60 bits per heavy atom. The molecule has 1 aromatic rings. The van der Waals surface area contributed by atoms with Gasteiger partial charge < -0.3 is 10.6 Å². The van der Waals surface area contributed by atoms with Crippen molar-refractivity contribution in [1.29, 1.82) is 0 Å². The first-order chi connectivity index (χ1) is 6.84. The molecule has 2 fully saturated rings. The van der Waals surface area contributed by atoms with Gasteiger partial charge in [-0.2, -0.15) is 0 Å². The number of hydrogen-bond acceptors (Lipinski definition) is 4. The van der Waals surface area contributed by atoms with Crippen molar-refractivity contribution in [1.82, 2.24) is 15.5 Å². The topological polar surface area (TPSA) is 49.8 Å². The molecule has 1 aromatic heterocycles. The van der Waals surface area contributed by atoms with Crippen molar-refractivity contribution in [3.05, 3.63) is 17.3 Å². The quantitative estimate of drug-likeness (QED) is 0.824. The van der Waals surface area contributed by atoms with Crippen LogP contribution in [-0.4, -0.2) is 29.3 Å². The lowest BCUT2D eigenvalue weighted by molar-refractivity contribution is 0.694. The summed E-state index contributed by atoms with van der Waals surface area (Å²) < 4.78 is 0. The minimum absolute atomic E-state index is 0. The number of aromatic nitrogens is 2. The van der Waals surface area contributed by atoms with E-state index in [0.717, 1.165) is 30.7 Å². The summed E-state index contributed by atoms with van der Waals surface area (Å²) in [6, 6.07) is 4.22. The highest BCUT2D eigenvalue weighted by Gasteiger charge is 2.53. The van der Waals surface area contributed by atoms with Gasteiger partial charge in [-0.1, -0.05) is 11.6 Å². The summed E-state index contributed by atoms with van der Waals surface area (Å²) in [6.45, 7) is 2.26. The average Bonchev–Trinajstić information content (AvgIpc) is 2.63. The molecule has 2 N–H and O–H groups in total. The summed E-state index contributed by atoms with van der Waals surface area (Å²) in [5, 5.41) is 14.9. The Kier molecular flexibility index (Phi) is 3.00. The molecule has 15 heavy (non-hydrogen) atoms. The summed E-state index contributed by atoms with van der Waals surface area (Å²) >= 11 is 5.65. The van der Waals surface area contributed by atoms with Crippen molar-refractivity contribution in [2.24, 2.45) is 11.8 Å². The molecule has 4 nitrogen and oxygen atoms in total. The van der Waals surface area contributed by atoms with Gasteiger partial charge in [0.2, 0.25) is 0 Å². The molecule has 2 aliphatic rings. The van der Waals surface area contributed by atoms with Gasteiger partial charge in [-0.15, -0.1) is 22.6 Å². The van der Waals surface area contributed by atoms with E-state index in [0.29, 0.717) is 11.2 Å². The van der Waals surface area contributed by atoms with E-state index in [1.807, 2.05) is 6.07 Å². The van der Waals surface area contributed by atoms with Gasteiger partial charge in [0.1, 0.15) is 5.82 Å². The molecule has 3 rings (SSSR count). The SMILES string of the molecule is Cl.Clc1ccc(NC2[C@H]3CNC[C@@H]23)nn1. The summed E-state index contributed by atoms with van der Waals surface area (Å²) in [5.74, 6) is 2.40. The minimum Gasteiger partial charge on any atom is -0.365 e. The zero-order valence-corrected chi connectivity index (χ0v) is 9.55. The van der Waals surface area contributed by atoms with Crippen LogP contribution in [-0.2, 0) is 0 Å². The molecule has 6 heteroatoms. The molecule has 0 radical (unpaired) electrons. The van der Waals surface area contributed by atoms with Gasteiger partial charge in [0.25, 0.3) is 0 Å². The molecule has 82 valence electrons. The number of hydrogen-bond donors (Lipinski definition) is 2. The Hall–Kier alpha value is -0.580. The molecule has 0 bridgehead atoms. The first-order valence-electron chi connectivity index (χ1n) is 4.81. The number of nitrogens with one attached hydrogen (secondary N) is 2. The molecule has 2 heterocycles. The summed E-state index contributed by atoms with van der Waals surface area (Å²) in [6.07, 6.45) is 0. The predicted octanol–water partition coefficient (Wildman–Crippen LogP) is 1.18. The van der Waals surface area contributed by atoms with E-state index in [9.17, 15) is 0 Å². The third-order valence-electron chi connectivity index (χ3n) is 3.04. The van der Waals surface area contributed by atoms with Crippen LogP contribution in [0.4, 0.5) is 5.82 Å². The molecule has 1 saturated heterocycles. The number of rotatable bonds is 2. The molecular formula is C9H12Cl2N4. The van der Waals surface area contributed by atoms with Crippen LogP contribution >= 0.6 is 24.0 Å². The summed E-state index contributed by atoms with van der Waals surface area (Å²) in [4.78, 5) is 0. The van der Waals surface area contributed by atoms with Gasteiger partial charge in [0, 0.05) is 19.1 Å². The maximum Gasteiger partial charge on any atom is 0.151 e. The molecule has 0 spiro atoms. The minimum atomic E-state index is 0. The van der Waals surface area contributed by atoms with E-state index >= 15 is 0 Å². The van der Waals surface area contributed by atoms with Crippen molar-refractivity contribution in [3.8, 4) is 0 Å². The second-order valence-corrected chi connectivity index (χ2v) is 4.28. The lowest BCUT2D eigenvalue weighted by Gasteiger charge is -2.06. The van der Waals surface area contributed by atoms with Gasteiger partial charge in [0.15, 0.2) is 5.15 Å². The zero-order chi connectivity index (χ0) is 9.54. The highest BCUT2D eigenvalue weighted by molar-refractivity contribution is 6.29. The number of fused-ring (bicyclic) bond motifs is 1. The maximum absolute atomic E-state index is 5.65. The van der Waals surface area contributed by atoms with Gasteiger partial charge >= 0.3 is 0 Å². The van der Waals surface area contributed by atoms with Crippen molar-refractivity contribution in [3.63, 3.8) is 0 Å². The Morgan fingerprint density at radius 2 is 2.00 bits per heavy atom. The van der Waals surface area contributed by atoms with E-state index in [2.05, 4.69) is 20.8 Å². The lowest BCUT2D eigenvalue weighted by atomic mass is 10.4. The fourth-order valence-electron chi connectivity index (χ4n) is 2.20. The fraction of sp³-hybridized carbons (Fsp3) is 0.556. The number of halogens is 2.